The third-order valence-electron chi connectivity index (χ3n) is 2.67. The standard InChI is InChI=1S/C11H15NO3S/c1-6(2)10-12-8(7-3-4-15-5-7)9(16-10)11(13)14/h6-7H,3-5H2,1-2H3,(H,13,14). The van der Waals surface area contributed by atoms with E-state index in [1.54, 1.807) is 0 Å². The van der Waals surface area contributed by atoms with Crippen LogP contribution in [0, 0.1) is 0 Å². The molecule has 1 aliphatic heterocycles. The number of aromatic carboxylic acids is 1. The molecule has 0 bridgehead atoms. The van der Waals surface area contributed by atoms with E-state index < -0.39 is 5.97 Å². The maximum Gasteiger partial charge on any atom is 0.347 e. The van der Waals surface area contributed by atoms with Crippen LogP contribution in [0.2, 0.25) is 0 Å². The third-order valence-corrected chi connectivity index (χ3v) is 4.03. The molecule has 1 N–H and O–H groups in total. The van der Waals surface area contributed by atoms with Crippen LogP contribution in [0.3, 0.4) is 0 Å². The molecule has 1 aromatic rings. The predicted molar refractivity (Wildman–Crippen MR) is 61.3 cm³/mol. The lowest BCUT2D eigenvalue weighted by Crippen LogP contribution is -2.05. The summed E-state index contributed by atoms with van der Waals surface area (Å²) in [6.07, 6.45) is 0.877. The van der Waals surface area contributed by atoms with Crippen molar-refractivity contribution in [1.29, 1.82) is 0 Å². The molecule has 16 heavy (non-hydrogen) atoms. The molecular weight excluding hydrogens is 226 g/mol. The summed E-state index contributed by atoms with van der Waals surface area (Å²) in [5.74, 6) is -0.430. The van der Waals surface area contributed by atoms with Crippen LogP contribution in [-0.2, 0) is 4.74 Å². The van der Waals surface area contributed by atoms with Gasteiger partial charge >= 0.3 is 5.97 Å². The second-order valence-electron chi connectivity index (χ2n) is 4.29. The molecule has 1 atom stereocenters. The number of hydrogen-bond donors (Lipinski definition) is 1. The number of nitrogens with zero attached hydrogens (tertiary/aromatic N) is 1. The van der Waals surface area contributed by atoms with Crippen LogP contribution < -0.4 is 0 Å². The van der Waals surface area contributed by atoms with E-state index in [0.717, 1.165) is 17.1 Å². The zero-order valence-electron chi connectivity index (χ0n) is 9.40. The Bertz CT molecular complexity index is 394. The third kappa shape index (κ3) is 2.10. The van der Waals surface area contributed by atoms with E-state index in [0.29, 0.717) is 18.1 Å². The highest BCUT2D eigenvalue weighted by Crippen LogP contribution is 2.33. The van der Waals surface area contributed by atoms with Crippen LogP contribution >= 0.6 is 11.3 Å². The van der Waals surface area contributed by atoms with Crippen LogP contribution in [0.5, 0.6) is 0 Å². The number of carbonyl (C=O) groups is 1. The molecule has 1 saturated heterocycles. The second kappa shape index (κ2) is 4.51. The van der Waals surface area contributed by atoms with Gasteiger partial charge in [-0.1, -0.05) is 13.8 Å². The van der Waals surface area contributed by atoms with E-state index in [9.17, 15) is 4.79 Å². The highest BCUT2D eigenvalue weighted by molar-refractivity contribution is 7.13. The normalized spacial score (nSPS) is 20.6. The van der Waals surface area contributed by atoms with Gasteiger partial charge in [0.15, 0.2) is 0 Å². The molecule has 1 unspecified atom stereocenters. The van der Waals surface area contributed by atoms with Crippen molar-refractivity contribution >= 4 is 17.3 Å². The lowest BCUT2D eigenvalue weighted by Gasteiger charge is -2.04. The zero-order chi connectivity index (χ0) is 11.7. The molecule has 4 nitrogen and oxygen atoms in total. The number of carboxylic acid groups (broad SMARTS) is 1. The van der Waals surface area contributed by atoms with Crippen molar-refractivity contribution in [2.45, 2.75) is 32.1 Å². The fraction of sp³-hybridized carbons (Fsp3) is 0.636. The average molecular weight is 241 g/mol. The largest absolute Gasteiger partial charge is 0.477 e. The Balaban J connectivity index is 2.37. The van der Waals surface area contributed by atoms with Gasteiger partial charge in [-0.2, -0.15) is 0 Å². The molecule has 2 heterocycles. The molecular formula is C11H15NO3S. The highest BCUT2D eigenvalue weighted by atomic mass is 32.1. The minimum Gasteiger partial charge on any atom is -0.477 e. The summed E-state index contributed by atoms with van der Waals surface area (Å²) in [4.78, 5) is 16.0. The van der Waals surface area contributed by atoms with Crippen LogP contribution in [-0.4, -0.2) is 29.3 Å². The number of thiazole rings is 1. The molecule has 0 saturated carbocycles. The molecule has 0 spiro atoms. The Morgan fingerprint density at radius 1 is 1.62 bits per heavy atom. The Morgan fingerprint density at radius 2 is 2.38 bits per heavy atom. The van der Waals surface area contributed by atoms with E-state index in [4.69, 9.17) is 9.84 Å². The molecule has 1 aromatic heterocycles. The fourth-order valence-corrected chi connectivity index (χ4v) is 2.77. The van der Waals surface area contributed by atoms with Crippen LogP contribution in [0.4, 0.5) is 0 Å². The van der Waals surface area contributed by atoms with Gasteiger partial charge in [-0.3, -0.25) is 0 Å². The van der Waals surface area contributed by atoms with Crippen LogP contribution in [0.1, 0.15) is 52.5 Å². The number of aromatic nitrogens is 1. The van der Waals surface area contributed by atoms with Crippen molar-refractivity contribution < 1.29 is 14.6 Å². The Kier molecular flexibility index (Phi) is 3.25. The molecule has 5 heteroatoms. The maximum absolute atomic E-state index is 11.1. The van der Waals surface area contributed by atoms with Gasteiger partial charge in [0.25, 0.3) is 0 Å². The first-order valence-electron chi connectivity index (χ1n) is 5.41. The SMILES string of the molecule is CC(C)c1nc(C2CCOC2)c(C(=O)O)s1. The van der Waals surface area contributed by atoms with Gasteiger partial charge in [0.05, 0.1) is 17.3 Å². The molecule has 0 aromatic carbocycles. The first-order chi connectivity index (χ1) is 7.59. The second-order valence-corrected chi connectivity index (χ2v) is 5.32. The van der Waals surface area contributed by atoms with Gasteiger partial charge in [0.1, 0.15) is 4.88 Å². The van der Waals surface area contributed by atoms with Gasteiger partial charge < -0.3 is 9.84 Å². The van der Waals surface area contributed by atoms with E-state index in [1.807, 2.05) is 13.8 Å². The summed E-state index contributed by atoms with van der Waals surface area (Å²) in [5.41, 5.74) is 0.721. The van der Waals surface area contributed by atoms with Crippen LogP contribution in [0.15, 0.2) is 0 Å². The van der Waals surface area contributed by atoms with Crippen molar-refractivity contribution in [2.75, 3.05) is 13.2 Å². The lowest BCUT2D eigenvalue weighted by molar-refractivity contribution is 0.0700. The van der Waals surface area contributed by atoms with Crippen molar-refractivity contribution in [3.63, 3.8) is 0 Å². The van der Waals surface area contributed by atoms with Crippen molar-refractivity contribution in [1.82, 2.24) is 4.98 Å². The first-order valence-corrected chi connectivity index (χ1v) is 6.23. The maximum atomic E-state index is 11.1. The van der Waals surface area contributed by atoms with E-state index in [2.05, 4.69) is 4.98 Å². The van der Waals surface area contributed by atoms with Crippen molar-refractivity contribution in [2.24, 2.45) is 0 Å². The zero-order valence-corrected chi connectivity index (χ0v) is 10.2. The molecule has 0 aliphatic carbocycles. The van der Waals surface area contributed by atoms with E-state index >= 15 is 0 Å². The monoisotopic (exact) mass is 241 g/mol. The molecule has 0 amide bonds. The summed E-state index contributed by atoms with van der Waals surface area (Å²) in [7, 11) is 0. The molecule has 2 rings (SSSR count). The minimum atomic E-state index is -0.869. The Morgan fingerprint density at radius 3 is 2.88 bits per heavy atom. The highest BCUT2D eigenvalue weighted by Gasteiger charge is 2.28. The lowest BCUT2D eigenvalue weighted by atomic mass is 10.0. The summed E-state index contributed by atoms with van der Waals surface area (Å²) < 4.78 is 5.29. The summed E-state index contributed by atoms with van der Waals surface area (Å²) >= 11 is 1.30. The van der Waals surface area contributed by atoms with Gasteiger partial charge in [0.2, 0.25) is 0 Å². The number of rotatable bonds is 3. The van der Waals surface area contributed by atoms with Gasteiger partial charge in [-0.15, -0.1) is 11.3 Å². The molecule has 0 radical (unpaired) electrons. The van der Waals surface area contributed by atoms with Crippen molar-refractivity contribution in [3.05, 3.63) is 15.6 Å². The Labute approximate surface area is 98.3 Å². The predicted octanol–water partition coefficient (Wildman–Crippen LogP) is 2.47. The fourth-order valence-electron chi connectivity index (χ4n) is 1.78. The number of carboxylic acids is 1. The Hall–Kier alpha value is -0.940. The molecule has 1 fully saturated rings. The van der Waals surface area contributed by atoms with Gasteiger partial charge in [-0.05, 0) is 6.42 Å². The average Bonchev–Trinajstić information content (AvgIpc) is 2.86. The van der Waals surface area contributed by atoms with E-state index in [-0.39, 0.29) is 11.8 Å². The van der Waals surface area contributed by atoms with Crippen molar-refractivity contribution in [3.8, 4) is 0 Å². The quantitative estimate of drug-likeness (QED) is 0.883. The van der Waals surface area contributed by atoms with E-state index in [1.165, 1.54) is 11.3 Å². The molecule has 1 aliphatic rings. The minimum absolute atomic E-state index is 0.162. The topological polar surface area (TPSA) is 59.4 Å². The summed E-state index contributed by atoms with van der Waals surface area (Å²) in [6.45, 7) is 5.36. The van der Waals surface area contributed by atoms with Gasteiger partial charge in [-0.25, -0.2) is 9.78 Å². The van der Waals surface area contributed by atoms with Crippen LogP contribution in [0.25, 0.3) is 0 Å². The summed E-state index contributed by atoms with van der Waals surface area (Å²) in [6, 6.07) is 0. The smallest absolute Gasteiger partial charge is 0.347 e. The number of ether oxygens (including phenoxy) is 1. The van der Waals surface area contributed by atoms with Gasteiger partial charge in [0, 0.05) is 18.4 Å². The molecule has 88 valence electrons. The summed E-state index contributed by atoms with van der Waals surface area (Å²) in [5, 5.41) is 10.1. The first kappa shape index (κ1) is 11.5. The number of hydrogen-bond acceptors (Lipinski definition) is 4.